The van der Waals surface area contributed by atoms with E-state index in [1.165, 1.54) is 4.88 Å². The van der Waals surface area contributed by atoms with Gasteiger partial charge in [-0.1, -0.05) is 29.0 Å². The van der Waals surface area contributed by atoms with Crippen LogP contribution < -0.4 is 5.73 Å². The van der Waals surface area contributed by atoms with Crippen LogP contribution in [0.3, 0.4) is 0 Å². The molecule has 0 radical (unpaired) electrons. The van der Waals surface area contributed by atoms with E-state index in [1.807, 2.05) is 41.2 Å². The number of nitrogen functional groups attached to an aromatic ring is 1. The monoisotopic (exact) mass is 482 g/mol. The van der Waals surface area contributed by atoms with Gasteiger partial charge in [0.1, 0.15) is 0 Å². The van der Waals surface area contributed by atoms with Crippen LogP contribution in [0.25, 0.3) is 27.3 Å². The minimum absolute atomic E-state index is 0.348. The van der Waals surface area contributed by atoms with Crippen molar-refractivity contribution in [3.05, 3.63) is 52.6 Å². The minimum atomic E-state index is -0.348. The van der Waals surface area contributed by atoms with Crippen molar-refractivity contribution in [2.75, 3.05) is 32.0 Å². The lowest BCUT2D eigenvalue weighted by Gasteiger charge is -2.37. The zero-order valence-corrected chi connectivity index (χ0v) is 19.5. The summed E-state index contributed by atoms with van der Waals surface area (Å²) >= 11 is 7.96. The number of fused-ring (bicyclic) bond motifs is 1. The van der Waals surface area contributed by atoms with Crippen molar-refractivity contribution < 1.29 is 9.47 Å². The summed E-state index contributed by atoms with van der Waals surface area (Å²) in [5, 5.41) is 6.82. The lowest BCUT2D eigenvalue weighted by atomic mass is 10.0. The Balaban J connectivity index is 1.23. The number of rotatable bonds is 4. The highest BCUT2D eigenvalue weighted by Gasteiger charge is 2.39. The largest absolute Gasteiger partial charge is 0.382 e. The fraction of sp³-hybridized carbons (Fsp3) is 0.348. The number of halogens is 1. The highest BCUT2D eigenvalue weighted by atomic mass is 35.5. The molecule has 0 atom stereocenters. The third-order valence-electron chi connectivity index (χ3n) is 6.27. The molecule has 2 saturated heterocycles. The van der Waals surface area contributed by atoms with Gasteiger partial charge < -0.3 is 15.2 Å². The van der Waals surface area contributed by atoms with Gasteiger partial charge in [-0.2, -0.15) is 0 Å². The first-order valence-electron chi connectivity index (χ1n) is 10.9. The Morgan fingerprint density at radius 3 is 2.73 bits per heavy atom. The molecule has 33 heavy (non-hydrogen) atoms. The van der Waals surface area contributed by atoms with E-state index in [0.29, 0.717) is 24.1 Å². The molecule has 6 rings (SSSR count). The summed E-state index contributed by atoms with van der Waals surface area (Å²) in [6, 6.07) is 9.60. The van der Waals surface area contributed by atoms with Crippen LogP contribution in [-0.4, -0.2) is 56.7 Å². The fourth-order valence-electron chi connectivity index (χ4n) is 4.56. The van der Waals surface area contributed by atoms with Gasteiger partial charge in [-0.25, -0.2) is 9.67 Å². The van der Waals surface area contributed by atoms with E-state index in [1.54, 1.807) is 17.5 Å². The number of hydrogen-bond donors (Lipinski definition) is 1. The molecule has 0 saturated carbocycles. The van der Waals surface area contributed by atoms with Crippen molar-refractivity contribution >= 4 is 39.7 Å². The molecule has 2 fully saturated rings. The first kappa shape index (κ1) is 21.0. The number of benzene rings is 1. The zero-order chi connectivity index (χ0) is 22.4. The van der Waals surface area contributed by atoms with Crippen LogP contribution in [-0.2, 0) is 16.0 Å². The van der Waals surface area contributed by atoms with Gasteiger partial charge in [0.2, 0.25) is 5.13 Å². The highest BCUT2D eigenvalue weighted by Crippen LogP contribution is 2.34. The van der Waals surface area contributed by atoms with Crippen LogP contribution >= 0.6 is 22.9 Å². The van der Waals surface area contributed by atoms with Crippen molar-refractivity contribution in [2.45, 2.75) is 25.2 Å². The maximum atomic E-state index is 6.33. The predicted molar refractivity (Wildman–Crippen MR) is 129 cm³/mol. The van der Waals surface area contributed by atoms with Gasteiger partial charge in [0.15, 0.2) is 11.6 Å². The average molecular weight is 483 g/mol. The van der Waals surface area contributed by atoms with Gasteiger partial charge in [-0.05, 0) is 24.3 Å². The fourth-order valence-corrected chi connectivity index (χ4v) is 5.71. The summed E-state index contributed by atoms with van der Waals surface area (Å²) in [5.74, 6) is 0.104. The Morgan fingerprint density at radius 2 is 1.94 bits per heavy atom. The summed E-state index contributed by atoms with van der Waals surface area (Å²) in [4.78, 5) is 12.6. The molecule has 2 aliphatic rings. The third-order valence-corrected chi connectivity index (χ3v) is 7.54. The minimum Gasteiger partial charge on any atom is -0.382 e. The van der Waals surface area contributed by atoms with E-state index in [9.17, 15) is 0 Å². The Bertz CT molecular complexity index is 1310. The second-order valence-electron chi connectivity index (χ2n) is 8.36. The first-order chi connectivity index (χ1) is 16.1. The Morgan fingerprint density at radius 1 is 1.12 bits per heavy atom. The van der Waals surface area contributed by atoms with Crippen LogP contribution in [0.4, 0.5) is 5.82 Å². The lowest BCUT2D eigenvalue weighted by molar-refractivity contribution is -0.185. The Hall–Kier alpha value is -2.56. The lowest BCUT2D eigenvalue weighted by Crippen LogP contribution is -2.44. The highest BCUT2D eigenvalue weighted by molar-refractivity contribution is 7.14. The SMILES string of the molecule is Nc1nn(-c2ncc(CN3CCC4(CC3)OCCO4)s2)c2ccc(-c3ncccc3Cl)cc12. The van der Waals surface area contributed by atoms with Gasteiger partial charge in [0.05, 0.1) is 29.4 Å². The van der Waals surface area contributed by atoms with Crippen LogP contribution in [0.2, 0.25) is 5.02 Å². The number of ether oxygens (including phenoxy) is 2. The van der Waals surface area contributed by atoms with Crippen LogP contribution in [0.1, 0.15) is 17.7 Å². The number of likely N-dealkylation sites (tertiary alicyclic amines) is 1. The second-order valence-corrected chi connectivity index (χ2v) is 9.86. The van der Waals surface area contributed by atoms with Crippen LogP contribution in [0, 0.1) is 0 Å². The molecule has 5 heterocycles. The van der Waals surface area contributed by atoms with Crippen molar-refractivity contribution in [2.24, 2.45) is 0 Å². The summed E-state index contributed by atoms with van der Waals surface area (Å²) in [6.45, 7) is 4.16. The molecule has 2 aliphatic heterocycles. The molecule has 2 N–H and O–H groups in total. The Labute approximate surface area is 199 Å². The van der Waals surface area contributed by atoms with E-state index >= 15 is 0 Å². The number of hydrogen-bond acceptors (Lipinski definition) is 8. The third kappa shape index (κ3) is 3.89. The van der Waals surface area contributed by atoms with Crippen LogP contribution in [0.5, 0.6) is 0 Å². The number of piperidine rings is 1. The molecular formula is C23H23ClN6O2S. The normalized spacial score (nSPS) is 18.5. The summed E-state index contributed by atoms with van der Waals surface area (Å²) in [7, 11) is 0. The number of nitrogens with two attached hydrogens (primary N) is 1. The number of anilines is 1. The van der Waals surface area contributed by atoms with Crippen molar-refractivity contribution in [1.29, 1.82) is 0 Å². The number of nitrogens with zero attached hydrogens (tertiary/aromatic N) is 5. The maximum Gasteiger partial charge on any atom is 0.211 e. The quantitative estimate of drug-likeness (QED) is 0.467. The van der Waals surface area contributed by atoms with Gasteiger partial charge >= 0.3 is 0 Å². The molecule has 170 valence electrons. The molecule has 0 aliphatic carbocycles. The topological polar surface area (TPSA) is 91.3 Å². The summed E-state index contributed by atoms with van der Waals surface area (Å²) in [5.41, 5.74) is 8.80. The van der Waals surface area contributed by atoms with Gasteiger partial charge in [-0.15, -0.1) is 5.10 Å². The summed E-state index contributed by atoms with van der Waals surface area (Å²) < 4.78 is 13.5. The number of aromatic nitrogens is 4. The second kappa shape index (κ2) is 8.34. The van der Waals surface area contributed by atoms with E-state index in [4.69, 9.17) is 26.8 Å². The number of pyridine rings is 1. The van der Waals surface area contributed by atoms with Crippen molar-refractivity contribution in [3.8, 4) is 16.4 Å². The predicted octanol–water partition coefficient (Wildman–Crippen LogP) is 4.12. The average Bonchev–Trinajstić information content (AvgIpc) is 3.56. The Kier molecular flexibility index (Phi) is 5.31. The number of thiazole rings is 1. The smallest absolute Gasteiger partial charge is 0.211 e. The summed E-state index contributed by atoms with van der Waals surface area (Å²) in [6.07, 6.45) is 5.47. The molecule has 4 aromatic rings. The molecule has 1 aromatic carbocycles. The van der Waals surface area contributed by atoms with Gasteiger partial charge in [-0.3, -0.25) is 9.88 Å². The standard InChI is InChI=1S/C23H23ClN6O2S/c24-18-2-1-7-26-20(18)15-3-4-19-17(12-15)21(25)28-30(19)22-27-13-16(33-22)14-29-8-5-23(6-9-29)31-10-11-32-23/h1-4,7,12-13H,5-6,8-11,14H2,(H2,25,28). The molecule has 1 spiro atoms. The first-order valence-corrected chi connectivity index (χ1v) is 12.1. The van der Waals surface area contributed by atoms with E-state index in [-0.39, 0.29) is 5.79 Å². The maximum absolute atomic E-state index is 6.33. The zero-order valence-electron chi connectivity index (χ0n) is 17.9. The van der Waals surface area contributed by atoms with Gasteiger partial charge in [0, 0.05) is 60.7 Å². The van der Waals surface area contributed by atoms with E-state index in [0.717, 1.165) is 59.8 Å². The van der Waals surface area contributed by atoms with E-state index in [2.05, 4.69) is 20.0 Å². The molecule has 3 aromatic heterocycles. The molecule has 10 heteroatoms. The molecule has 0 bridgehead atoms. The molecule has 0 amide bonds. The molecule has 0 unspecified atom stereocenters. The van der Waals surface area contributed by atoms with Crippen LogP contribution in [0.15, 0.2) is 42.7 Å². The van der Waals surface area contributed by atoms with E-state index < -0.39 is 0 Å². The van der Waals surface area contributed by atoms with Gasteiger partial charge in [0.25, 0.3) is 0 Å². The molecular weight excluding hydrogens is 460 g/mol. The van der Waals surface area contributed by atoms with Crippen molar-refractivity contribution in [3.63, 3.8) is 0 Å². The van der Waals surface area contributed by atoms with Crippen molar-refractivity contribution in [1.82, 2.24) is 24.6 Å². The molecule has 8 nitrogen and oxygen atoms in total.